The van der Waals surface area contributed by atoms with Crippen LogP contribution in [0.4, 0.5) is 4.39 Å². The second-order valence-corrected chi connectivity index (χ2v) is 5.43. The molecule has 4 heteroatoms. The quantitative estimate of drug-likeness (QED) is 0.874. The lowest BCUT2D eigenvalue weighted by Gasteiger charge is -2.14. The molecule has 100 valence electrons. The molecule has 0 saturated carbocycles. The molecule has 0 radical (unpaired) electrons. The molecule has 0 amide bonds. The first-order valence-corrected chi connectivity index (χ1v) is 6.68. The van der Waals surface area contributed by atoms with Crippen molar-refractivity contribution in [2.24, 2.45) is 5.73 Å². The van der Waals surface area contributed by atoms with Crippen LogP contribution in [0.2, 0.25) is 10.0 Å². The third kappa shape index (κ3) is 3.47. The maximum Gasteiger partial charge on any atom is 0.145 e. The molecule has 0 heterocycles. The standard InChI is InChI=1S/C15H14Cl2FN/c1-9-5-11(7-12(16)6-9)14(19)8-10-3-2-4-13(17)15(10)18/h2-7,14H,8,19H2,1H3. The number of halogens is 3. The summed E-state index contributed by atoms with van der Waals surface area (Å²) in [7, 11) is 0. The van der Waals surface area contributed by atoms with Crippen molar-refractivity contribution in [3.8, 4) is 0 Å². The fourth-order valence-electron chi connectivity index (χ4n) is 2.04. The molecule has 19 heavy (non-hydrogen) atoms. The van der Waals surface area contributed by atoms with E-state index >= 15 is 0 Å². The maximum atomic E-state index is 13.8. The molecule has 0 spiro atoms. The zero-order chi connectivity index (χ0) is 14.0. The Morgan fingerprint density at radius 2 is 1.95 bits per heavy atom. The third-order valence-corrected chi connectivity index (χ3v) is 3.47. The summed E-state index contributed by atoms with van der Waals surface area (Å²) in [5.41, 5.74) is 8.55. The minimum Gasteiger partial charge on any atom is -0.324 e. The van der Waals surface area contributed by atoms with Crippen LogP contribution in [0.3, 0.4) is 0 Å². The topological polar surface area (TPSA) is 26.0 Å². The van der Waals surface area contributed by atoms with Crippen molar-refractivity contribution in [2.45, 2.75) is 19.4 Å². The minimum absolute atomic E-state index is 0.118. The van der Waals surface area contributed by atoms with E-state index in [9.17, 15) is 4.39 Å². The Bertz CT molecular complexity index is 578. The van der Waals surface area contributed by atoms with Gasteiger partial charge in [-0.05, 0) is 48.2 Å². The van der Waals surface area contributed by atoms with Gasteiger partial charge in [-0.25, -0.2) is 4.39 Å². The number of aryl methyl sites for hydroxylation is 1. The highest BCUT2D eigenvalue weighted by atomic mass is 35.5. The number of hydrogen-bond acceptors (Lipinski definition) is 1. The van der Waals surface area contributed by atoms with Crippen LogP contribution < -0.4 is 5.73 Å². The lowest BCUT2D eigenvalue weighted by atomic mass is 9.98. The van der Waals surface area contributed by atoms with Gasteiger partial charge in [-0.1, -0.05) is 41.4 Å². The van der Waals surface area contributed by atoms with Crippen molar-refractivity contribution in [2.75, 3.05) is 0 Å². The molecule has 2 N–H and O–H groups in total. The zero-order valence-electron chi connectivity index (χ0n) is 10.5. The van der Waals surface area contributed by atoms with Crippen LogP contribution in [0, 0.1) is 12.7 Å². The highest BCUT2D eigenvalue weighted by Crippen LogP contribution is 2.25. The van der Waals surface area contributed by atoms with Gasteiger partial charge in [-0.15, -0.1) is 0 Å². The Kier molecular flexibility index (Phi) is 4.46. The van der Waals surface area contributed by atoms with Crippen LogP contribution in [0.25, 0.3) is 0 Å². The molecule has 1 atom stereocenters. The summed E-state index contributed by atoms with van der Waals surface area (Å²) in [5, 5.41) is 0.754. The van der Waals surface area contributed by atoms with Gasteiger partial charge in [-0.3, -0.25) is 0 Å². The molecule has 0 aliphatic heterocycles. The molecule has 0 bridgehead atoms. The Morgan fingerprint density at radius 1 is 1.21 bits per heavy atom. The van der Waals surface area contributed by atoms with E-state index in [0.29, 0.717) is 17.0 Å². The lowest BCUT2D eigenvalue weighted by Crippen LogP contribution is -2.14. The van der Waals surface area contributed by atoms with E-state index < -0.39 is 5.82 Å². The van der Waals surface area contributed by atoms with Gasteiger partial charge in [-0.2, -0.15) is 0 Å². The summed E-state index contributed by atoms with van der Waals surface area (Å²) in [6.45, 7) is 1.95. The average Bonchev–Trinajstić information content (AvgIpc) is 2.33. The molecule has 0 fully saturated rings. The summed E-state index contributed by atoms with van der Waals surface area (Å²) >= 11 is 11.8. The van der Waals surface area contributed by atoms with Gasteiger partial charge in [0.15, 0.2) is 0 Å². The molecule has 0 aliphatic rings. The van der Waals surface area contributed by atoms with E-state index in [1.807, 2.05) is 25.1 Å². The average molecular weight is 298 g/mol. The predicted octanol–water partition coefficient (Wildman–Crippen LogP) is 4.68. The Hall–Kier alpha value is -1.09. The van der Waals surface area contributed by atoms with Gasteiger partial charge in [0.1, 0.15) is 5.82 Å². The smallest absolute Gasteiger partial charge is 0.145 e. The first-order chi connectivity index (χ1) is 8.97. The Labute approximate surface area is 122 Å². The van der Waals surface area contributed by atoms with Crippen molar-refractivity contribution < 1.29 is 4.39 Å². The van der Waals surface area contributed by atoms with Crippen molar-refractivity contribution in [3.05, 3.63) is 69.0 Å². The normalized spacial score (nSPS) is 12.5. The summed E-state index contributed by atoms with van der Waals surface area (Å²) < 4.78 is 13.8. The lowest BCUT2D eigenvalue weighted by molar-refractivity contribution is 0.593. The molecule has 2 aromatic carbocycles. The van der Waals surface area contributed by atoms with Gasteiger partial charge < -0.3 is 5.73 Å². The molecule has 1 nitrogen and oxygen atoms in total. The van der Waals surface area contributed by atoms with E-state index in [4.69, 9.17) is 28.9 Å². The summed E-state index contributed by atoms with van der Waals surface area (Å²) in [6, 6.07) is 10.2. The number of benzene rings is 2. The molecule has 0 saturated heterocycles. The van der Waals surface area contributed by atoms with Gasteiger partial charge in [0.05, 0.1) is 5.02 Å². The van der Waals surface area contributed by atoms with Gasteiger partial charge >= 0.3 is 0 Å². The van der Waals surface area contributed by atoms with Crippen LogP contribution in [0.1, 0.15) is 22.7 Å². The minimum atomic E-state index is -0.404. The van der Waals surface area contributed by atoms with Crippen LogP contribution in [0.15, 0.2) is 36.4 Å². The van der Waals surface area contributed by atoms with Gasteiger partial charge in [0.2, 0.25) is 0 Å². The highest BCUT2D eigenvalue weighted by Gasteiger charge is 2.13. The second kappa shape index (κ2) is 5.91. The van der Waals surface area contributed by atoms with Crippen LogP contribution in [-0.4, -0.2) is 0 Å². The fraction of sp³-hybridized carbons (Fsp3) is 0.200. The van der Waals surface area contributed by atoms with E-state index in [2.05, 4.69) is 0 Å². The molecule has 1 unspecified atom stereocenters. The Balaban J connectivity index is 2.25. The first kappa shape index (κ1) is 14.3. The second-order valence-electron chi connectivity index (χ2n) is 4.59. The zero-order valence-corrected chi connectivity index (χ0v) is 12.0. The fourth-order valence-corrected chi connectivity index (χ4v) is 2.53. The third-order valence-electron chi connectivity index (χ3n) is 2.96. The Morgan fingerprint density at radius 3 is 2.63 bits per heavy atom. The largest absolute Gasteiger partial charge is 0.324 e. The molecule has 2 aromatic rings. The number of nitrogens with two attached hydrogens (primary N) is 1. The SMILES string of the molecule is Cc1cc(Cl)cc(C(N)Cc2cccc(Cl)c2F)c1. The number of rotatable bonds is 3. The summed E-state index contributed by atoms with van der Waals surface area (Å²) in [5.74, 6) is -0.404. The summed E-state index contributed by atoms with van der Waals surface area (Å²) in [6.07, 6.45) is 0.381. The monoisotopic (exact) mass is 297 g/mol. The molecule has 0 aliphatic carbocycles. The van der Waals surface area contributed by atoms with Crippen LogP contribution in [-0.2, 0) is 6.42 Å². The molecule has 0 aromatic heterocycles. The van der Waals surface area contributed by atoms with Gasteiger partial charge in [0.25, 0.3) is 0 Å². The van der Waals surface area contributed by atoms with Crippen molar-refractivity contribution in [1.82, 2.24) is 0 Å². The van der Waals surface area contributed by atoms with E-state index in [1.165, 1.54) is 6.07 Å². The number of hydrogen-bond donors (Lipinski definition) is 1. The van der Waals surface area contributed by atoms with E-state index in [1.54, 1.807) is 12.1 Å². The van der Waals surface area contributed by atoms with Crippen LogP contribution in [0.5, 0.6) is 0 Å². The summed E-state index contributed by atoms with van der Waals surface area (Å²) in [4.78, 5) is 0. The van der Waals surface area contributed by atoms with Crippen molar-refractivity contribution in [1.29, 1.82) is 0 Å². The van der Waals surface area contributed by atoms with E-state index in [-0.39, 0.29) is 11.1 Å². The highest BCUT2D eigenvalue weighted by molar-refractivity contribution is 6.31. The van der Waals surface area contributed by atoms with Crippen LogP contribution >= 0.6 is 23.2 Å². The molecular formula is C15H14Cl2FN. The molecular weight excluding hydrogens is 284 g/mol. The van der Waals surface area contributed by atoms with Crippen molar-refractivity contribution >= 4 is 23.2 Å². The van der Waals surface area contributed by atoms with Crippen molar-refractivity contribution in [3.63, 3.8) is 0 Å². The van der Waals surface area contributed by atoms with Gasteiger partial charge in [0, 0.05) is 11.1 Å². The maximum absolute atomic E-state index is 13.8. The first-order valence-electron chi connectivity index (χ1n) is 5.93. The van der Waals surface area contributed by atoms with E-state index in [0.717, 1.165) is 11.1 Å². The molecule has 2 rings (SSSR count). The predicted molar refractivity (Wildman–Crippen MR) is 78.2 cm³/mol.